The molecule has 4 rings (SSSR count). The molecule has 0 radical (unpaired) electrons. The first-order valence-corrected chi connectivity index (χ1v) is 10.5. The molecule has 0 bridgehead atoms. The molecule has 1 aromatic heterocycles. The van der Waals surface area contributed by atoms with Crippen molar-refractivity contribution in [3.05, 3.63) is 53.5 Å². The van der Waals surface area contributed by atoms with E-state index in [0.717, 1.165) is 19.5 Å². The van der Waals surface area contributed by atoms with E-state index in [1.54, 1.807) is 4.90 Å². The summed E-state index contributed by atoms with van der Waals surface area (Å²) in [5.41, 5.74) is 2.82. The number of nitrogens with zero attached hydrogens (tertiary/aromatic N) is 4. The predicted octanol–water partition coefficient (Wildman–Crippen LogP) is 0.235. The van der Waals surface area contributed by atoms with Crippen molar-refractivity contribution < 1.29 is 19.4 Å². The molecule has 1 fully saturated rings. The van der Waals surface area contributed by atoms with Gasteiger partial charge in [0.2, 0.25) is 11.8 Å². The third-order valence-corrected chi connectivity index (χ3v) is 5.63. The largest absolute Gasteiger partial charge is 0.470 e. The Kier molecular flexibility index (Phi) is 6.43. The summed E-state index contributed by atoms with van der Waals surface area (Å²) in [7, 11) is 0. The van der Waals surface area contributed by atoms with Gasteiger partial charge in [0.25, 0.3) is 5.91 Å². The fraction of sp³-hybridized carbons (Fsp3) is 0.455. The van der Waals surface area contributed by atoms with E-state index in [2.05, 4.69) is 38.4 Å². The average molecular weight is 425 g/mol. The second-order valence-electron chi connectivity index (χ2n) is 8.02. The zero-order valence-corrected chi connectivity index (χ0v) is 17.5. The van der Waals surface area contributed by atoms with Crippen molar-refractivity contribution in [2.45, 2.75) is 32.1 Å². The van der Waals surface area contributed by atoms with Crippen LogP contribution in [-0.4, -0.2) is 81.6 Å². The number of likely N-dealkylation sites (tertiary alicyclic amines) is 1. The van der Waals surface area contributed by atoms with E-state index in [-0.39, 0.29) is 24.2 Å². The van der Waals surface area contributed by atoms with Crippen LogP contribution in [0.2, 0.25) is 0 Å². The SMILES string of the molecule is CC(=O)N1CC(Oc2cc(C(=O)NCC(O)CN3CCc4ccccc4C3)ncn2)C1. The van der Waals surface area contributed by atoms with Gasteiger partial charge in [-0.05, 0) is 17.5 Å². The molecular weight excluding hydrogens is 398 g/mol. The third-order valence-electron chi connectivity index (χ3n) is 5.63. The average Bonchev–Trinajstić information content (AvgIpc) is 2.74. The van der Waals surface area contributed by atoms with E-state index < -0.39 is 12.0 Å². The highest BCUT2D eigenvalue weighted by atomic mass is 16.5. The summed E-state index contributed by atoms with van der Waals surface area (Å²) in [5, 5.41) is 13.1. The first kappa shape index (κ1) is 21.2. The molecule has 0 aliphatic carbocycles. The number of nitrogens with one attached hydrogen (secondary N) is 1. The van der Waals surface area contributed by atoms with Crippen molar-refractivity contribution in [2.24, 2.45) is 0 Å². The van der Waals surface area contributed by atoms with Gasteiger partial charge in [-0.3, -0.25) is 14.5 Å². The molecule has 1 atom stereocenters. The van der Waals surface area contributed by atoms with Gasteiger partial charge in [-0.15, -0.1) is 0 Å². The Bertz CT molecular complexity index is 947. The number of β-amino-alcohol motifs (C(OH)–C–C–N with tert-alkyl or cyclic N) is 1. The highest BCUT2D eigenvalue weighted by molar-refractivity contribution is 5.92. The molecule has 2 aromatic rings. The number of fused-ring (bicyclic) bond motifs is 1. The van der Waals surface area contributed by atoms with Crippen LogP contribution < -0.4 is 10.1 Å². The van der Waals surface area contributed by atoms with Crippen molar-refractivity contribution >= 4 is 11.8 Å². The highest BCUT2D eigenvalue weighted by Gasteiger charge is 2.30. The summed E-state index contributed by atoms with van der Waals surface area (Å²) in [6.45, 7) is 4.84. The molecule has 1 saturated heterocycles. The number of benzene rings is 1. The molecule has 9 nitrogen and oxygen atoms in total. The summed E-state index contributed by atoms with van der Waals surface area (Å²) in [6, 6.07) is 9.82. The van der Waals surface area contributed by atoms with Crippen LogP contribution in [0.1, 0.15) is 28.5 Å². The molecule has 1 aromatic carbocycles. The zero-order chi connectivity index (χ0) is 21.8. The first-order chi connectivity index (χ1) is 15.0. The van der Waals surface area contributed by atoms with Crippen molar-refractivity contribution in [1.29, 1.82) is 0 Å². The Hall–Kier alpha value is -3.04. The van der Waals surface area contributed by atoms with Gasteiger partial charge in [0.15, 0.2) is 0 Å². The maximum atomic E-state index is 12.4. The summed E-state index contributed by atoms with van der Waals surface area (Å²) < 4.78 is 5.70. The number of aliphatic hydroxyl groups excluding tert-OH is 1. The maximum absolute atomic E-state index is 12.4. The van der Waals surface area contributed by atoms with Crippen LogP contribution in [0.5, 0.6) is 5.88 Å². The lowest BCUT2D eigenvalue weighted by molar-refractivity contribution is -0.137. The lowest BCUT2D eigenvalue weighted by Crippen LogP contribution is -2.55. The Labute approximate surface area is 181 Å². The van der Waals surface area contributed by atoms with Gasteiger partial charge < -0.3 is 20.1 Å². The summed E-state index contributed by atoms with van der Waals surface area (Å²) in [4.78, 5) is 35.6. The third kappa shape index (κ3) is 5.36. The van der Waals surface area contributed by atoms with Crippen LogP contribution in [0, 0.1) is 0 Å². The van der Waals surface area contributed by atoms with Gasteiger partial charge in [-0.1, -0.05) is 24.3 Å². The number of amides is 2. The van der Waals surface area contributed by atoms with Gasteiger partial charge in [-0.25, -0.2) is 9.97 Å². The van der Waals surface area contributed by atoms with E-state index in [1.165, 1.54) is 30.4 Å². The van der Waals surface area contributed by atoms with Crippen molar-refractivity contribution in [1.82, 2.24) is 25.1 Å². The van der Waals surface area contributed by atoms with Crippen LogP contribution in [0.15, 0.2) is 36.7 Å². The smallest absolute Gasteiger partial charge is 0.270 e. The molecule has 2 amide bonds. The number of rotatable bonds is 7. The van der Waals surface area contributed by atoms with E-state index in [4.69, 9.17) is 4.74 Å². The molecule has 3 heterocycles. The van der Waals surface area contributed by atoms with Gasteiger partial charge in [0, 0.05) is 39.2 Å². The number of carbonyl (C=O) groups is 2. The number of carbonyl (C=O) groups excluding carboxylic acids is 2. The fourth-order valence-corrected chi connectivity index (χ4v) is 3.84. The lowest BCUT2D eigenvalue weighted by Gasteiger charge is -2.37. The number of ether oxygens (including phenoxy) is 1. The Morgan fingerprint density at radius 3 is 2.81 bits per heavy atom. The molecule has 9 heteroatoms. The number of aliphatic hydroxyl groups is 1. The molecule has 2 aliphatic rings. The molecule has 31 heavy (non-hydrogen) atoms. The van der Waals surface area contributed by atoms with Crippen LogP contribution in [0.25, 0.3) is 0 Å². The van der Waals surface area contributed by atoms with Crippen LogP contribution in [0.4, 0.5) is 0 Å². The van der Waals surface area contributed by atoms with E-state index >= 15 is 0 Å². The minimum absolute atomic E-state index is 0.00919. The summed E-state index contributed by atoms with van der Waals surface area (Å²) >= 11 is 0. The highest BCUT2D eigenvalue weighted by Crippen LogP contribution is 2.19. The minimum Gasteiger partial charge on any atom is -0.470 e. The molecule has 0 spiro atoms. The van der Waals surface area contributed by atoms with Gasteiger partial charge in [0.05, 0.1) is 19.2 Å². The Morgan fingerprint density at radius 2 is 2.03 bits per heavy atom. The van der Waals surface area contributed by atoms with E-state index in [9.17, 15) is 14.7 Å². The molecule has 164 valence electrons. The normalized spacial score (nSPS) is 17.4. The van der Waals surface area contributed by atoms with Crippen molar-refractivity contribution in [3.8, 4) is 5.88 Å². The number of aromatic nitrogens is 2. The summed E-state index contributed by atoms with van der Waals surface area (Å²) in [5.74, 6) is -0.0925. The zero-order valence-electron chi connectivity index (χ0n) is 17.5. The molecular formula is C22H27N5O4. The van der Waals surface area contributed by atoms with Crippen LogP contribution >= 0.6 is 0 Å². The van der Waals surface area contributed by atoms with Gasteiger partial charge in [-0.2, -0.15) is 0 Å². The second kappa shape index (κ2) is 9.40. The Morgan fingerprint density at radius 1 is 1.26 bits per heavy atom. The maximum Gasteiger partial charge on any atom is 0.270 e. The fourth-order valence-electron chi connectivity index (χ4n) is 3.84. The van der Waals surface area contributed by atoms with Crippen LogP contribution in [0.3, 0.4) is 0 Å². The van der Waals surface area contributed by atoms with Crippen molar-refractivity contribution in [2.75, 3.05) is 32.7 Å². The molecule has 1 unspecified atom stereocenters. The van der Waals surface area contributed by atoms with Gasteiger partial charge in [0.1, 0.15) is 18.1 Å². The molecule has 0 saturated carbocycles. The van der Waals surface area contributed by atoms with E-state index in [1.807, 2.05) is 6.07 Å². The van der Waals surface area contributed by atoms with Gasteiger partial charge >= 0.3 is 0 Å². The van der Waals surface area contributed by atoms with E-state index in [0.29, 0.717) is 25.5 Å². The second-order valence-corrected chi connectivity index (χ2v) is 8.02. The summed E-state index contributed by atoms with van der Waals surface area (Å²) in [6.07, 6.45) is 1.42. The van der Waals surface area contributed by atoms with Crippen molar-refractivity contribution in [3.63, 3.8) is 0 Å². The van der Waals surface area contributed by atoms with Crippen LogP contribution in [-0.2, 0) is 17.8 Å². The Balaban J connectivity index is 1.23. The molecule has 2 N–H and O–H groups in total. The standard InChI is InChI=1S/C22H27N5O4/c1-15(28)27-12-19(13-27)31-21-8-20(24-14-25-21)22(30)23-9-18(29)11-26-7-6-16-4-2-3-5-17(16)10-26/h2-5,8,14,18-19,29H,6-7,9-13H2,1H3,(H,23,30). The topological polar surface area (TPSA) is 108 Å². The molecule has 2 aliphatic heterocycles. The predicted molar refractivity (Wildman–Crippen MR) is 112 cm³/mol. The lowest BCUT2D eigenvalue weighted by atomic mass is 10.00. The monoisotopic (exact) mass is 425 g/mol. The number of hydrogen-bond donors (Lipinski definition) is 2. The quantitative estimate of drug-likeness (QED) is 0.654. The minimum atomic E-state index is -0.681. The first-order valence-electron chi connectivity index (χ1n) is 10.5. The number of hydrogen-bond acceptors (Lipinski definition) is 7.